The van der Waals surface area contributed by atoms with Gasteiger partial charge in [0.1, 0.15) is 31.7 Å². The van der Waals surface area contributed by atoms with Gasteiger partial charge in [-0.2, -0.15) is 51.0 Å². The number of aliphatic hydroxyl groups is 3. The number of nitrogens with one attached hydrogen (secondary N) is 1. The Kier molecular flexibility index (Phi) is 20.8. The molecule has 3 aliphatic heterocycles. The fourth-order valence-electron chi connectivity index (χ4n) is 14.3. The summed E-state index contributed by atoms with van der Waals surface area (Å²) in [6, 6.07) is 44.4. The number of aliphatic hydroxyl groups excluding tert-OH is 3. The Morgan fingerprint density at radius 3 is 1.23 bits per heavy atom. The average molecular weight is 1600 g/mol. The number of H-pyrrole nitrogens is 1. The van der Waals surface area contributed by atoms with Gasteiger partial charge < -0.3 is 20.3 Å². The quantitative estimate of drug-likeness (QED) is 0.0745. The molecule has 4 N–H and O–H groups in total. The van der Waals surface area contributed by atoms with E-state index in [-0.39, 0.29) is 30.9 Å². The number of thiazole rings is 4. The minimum absolute atomic E-state index is 0.0788. The summed E-state index contributed by atoms with van der Waals surface area (Å²) >= 11 is 6.05. The lowest BCUT2D eigenvalue weighted by Gasteiger charge is -2.09. The zero-order valence-electron chi connectivity index (χ0n) is 62.4. The molecule has 17 aromatic rings. The van der Waals surface area contributed by atoms with Gasteiger partial charge in [-0.05, 0) is 136 Å². The third-order valence-corrected chi connectivity index (χ3v) is 24.0. The van der Waals surface area contributed by atoms with E-state index in [9.17, 15) is 28.5 Å². The smallest absolute Gasteiger partial charge is 0.168 e. The summed E-state index contributed by atoms with van der Waals surface area (Å²) < 4.78 is 50.6. The lowest BCUT2D eigenvalue weighted by Crippen LogP contribution is -2.00. The van der Waals surface area contributed by atoms with Gasteiger partial charge in [0, 0.05) is 97.3 Å². The zero-order chi connectivity index (χ0) is 79.1. The Balaban J connectivity index is 0.000000111. The van der Waals surface area contributed by atoms with Gasteiger partial charge in [-0.1, -0.05) is 78.9 Å². The van der Waals surface area contributed by atoms with Crippen molar-refractivity contribution in [1.29, 1.82) is 0 Å². The molecule has 4 aromatic carbocycles. The molecule has 570 valence electrons. The largest absolute Gasteiger partial charge is 0.392 e. The Labute approximate surface area is 670 Å². The number of benzene rings is 4. The molecule has 0 saturated heterocycles. The predicted octanol–water partition coefficient (Wildman–Crippen LogP) is 18.2. The van der Waals surface area contributed by atoms with Crippen molar-refractivity contribution in [2.45, 2.75) is 80.6 Å². The first-order chi connectivity index (χ1) is 56.1. The van der Waals surface area contributed by atoms with Gasteiger partial charge in [-0.15, -0.1) is 45.3 Å². The Morgan fingerprint density at radius 1 is 0.391 bits per heavy atom. The van der Waals surface area contributed by atoms with Crippen LogP contribution < -0.4 is 0 Å². The van der Waals surface area contributed by atoms with Crippen molar-refractivity contribution in [3.05, 3.63) is 265 Å². The molecule has 0 radical (unpaired) electrons. The van der Waals surface area contributed by atoms with Gasteiger partial charge in [0.05, 0.1) is 146 Å². The molecule has 13 aromatic heterocycles. The second kappa shape index (κ2) is 31.9. The van der Waals surface area contributed by atoms with Crippen molar-refractivity contribution in [1.82, 2.24) is 68.4 Å². The highest BCUT2D eigenvalue weighted by molar-refractivity contribution is 7.19. The molecule has 0 fully saturated rings. The van der Waals surface area contributed by atoms with Crippen LogP contribution in [0.15, 0.2) is 213 Å². The number of fused-ring (bicyclic) bond motifs is 4. The summed E-state index contributed by atoms with van der Waals surface area (Å²) in [4.78, 5) is 30.5. The van der Waals surface area contributed by atoms with Crippen LogP contribution in [0, 0.1) is 59.0 Å². The number of rotatable bonds is 15. The lowest BCUT2D eigenvalue weighted by atomic mass is 9.98. The van der Waals surface area contributed by atoms with E-state index in [2.05, 4.69) is 99.1 Å². The molecular formula is C85H67F3N20O3S4. The fourth-order valence-corrected chi connectivity index (χ4v) is 18.9. The van der Waals surface area contributed by atoms with Gasteiger partial charge in [0.15, 0.2) is 11.6 Å². The van der Waals surface area contributed by atoms with Gasteiger partial charge in [0.25, 0.3) is 0 Å². The number of imidazole rings is 1. The average Bonchev–Trinajstić information content (AvgIpc) is 1.62. The number of pyridine rings is 4. The highest BCUT2D eigenvalue weighted by atomic mass is 32.1. The first-order valence-electron chi connectivity index (χ1n) is 36.4. The van der Waals surface area contributed by atoms with Crippen LogP contribution in [0.25, 0.3) is 120 Å². The van der Waals surface area contributed by atoms with Crippen molar-refractivity contribution in [3.8, 4) is 98.0 Å². The van der Waals surface area contributed by atoms with E-state index in [0.29, 0.717) is 56.1 Å². The van der Waals surface area contributed by atoms with Crippen LogP contribution in [-0.4, -0.2) is 119 Å². The molecule has 0 spiro atoms. The molecule has 23 nitrogen and oxygen atoms in total. The number of aromatic nitrogens is 14. The molecule has 115 heavy (non-hydrogen) atoms. The number of nitrogens with zero attached hydrogens (tertiary/aromatic N) is 19. The normalized spacial score (nSPS) is 12.9. The topological polar surface area (TPSA) is 284 Å². The van der Waals surface area contributed by atoms with E-state index in [1.54, 1.807) is 68.7 Å². The SMILES string of the molecule is Cc1cccc(C)c1-c1nc(-c2c(C)nn3ccccc23)sc1C1=NN=CC1.Cc1nn2ccccc2c1-c1nc(-c2c(F)cccc2CO)c(-c2ncc[nH]2)s1.Cc1nn2ccccc2c1-c1nc(-c2ccc(CO)cc2CO)c(C2=NN=CC2)s1.Cc1nn2ccccc2c1-c1nc(-c2cccc(F)c2F)c(C2=NN=CC2)s1. The van der Waals surface area contributed by atoms with Crippen molar-refractivity contribution in [2.75, 3.05) is 0 Å². The number of hydrogen-bond donors (Lipinski definition) is 4. The van der Waals surface area contributed by atoms with E-state index in [0.717, 1.165) is 144 Å². The predicted molar refractivity (Wildman–Crippen MR) is 450 cm³/mol. The monoisotopic (exact) mass is 1600 g/mol. The first kappa shape index (κ1) is 74.8. The highest BCUT2D eigenvalue weighted by Gasteiger charge is 2.31. The summed E-state index contributed by atoms with van der Waals surface area (Å²) in [5.74, 6) is -1.66. The molecule has 0 bridgehead atoms. The Bertz CT molecular complexity index is 6810. The van der Waals surface area contributed by atoms with Gasteiger partial charge >= 0.3 is 0 Å². The summed E-state index contributed by atoms with van der Waals surface area (Å²) in [5, 5.41) is 75.6. The second-order valence-corrected chi connectivity index (χ2v) is 30.9. The molecule has 20 rings (SSSR count). The first-order valence-corrected chi connectivity index (χ1v) is 39.7. The number of halogens is 3. The van der Waals surface area contributed by atoms with Crippen LogP contribution in [0.3, 0.4) is 0 Å². The highest BCUT2D eigenvalue weighted by Crippen LogP contribution is 2.46. The van der Waals surface area contributed by atoms with E-state index >= 15 is 0 Å². The van der Waals surface area contributed by atoms with Crippen LogP contribution >= 0.6 is 45.3 Å². The third kappa shape index (κ3) is 14.2. The maximum absolute atomic E-state index is 14.8. The van der Waals surface area contributed by atoms with Crippen LogP contribution in [0.2, 0.25) is 0 Å². The third-order valence-electron chi connectivity index (χ3n) is 19.6. The molecule has 0 aliphatic carbocycles. The summed E-state index contributed by atoms with van der Waals surface area (Å²) in [6.07, 6.45) is 18.2. The Hall–Kier alpha value is -12.9. The van der Waals surface area contributed by atoms with Crippen molar-refractivity contribution >= 4 is 103 Å². The fraction of sp³-hybridized carbons (Fsp3) is 0.141. The molecule has 0 atom stereocenters. The summed E-state index contributed by atoms with van der Waals surface area (Å²) in [7, 11) is 0. The Morgan fingerprint density at radius 2 is 0.800 bits per heavy atom. The number of aryl methyl sites for hydroxylation is 6. The number of hydrogen-bond acceptors (Lipinski definition) is 22. The molecule has 3 aliphatic rings. The van der Waals surface area contributed by atoms with Crippen LogP contribution in [0.1, 0.15) is 84.5 Å². The lowest BCUT2D eigenvalue weighted by molar-refractivity contribution is 0.275. The molecule has 30 heteroatoms. The van der Waals surface area contributed by atoms with E-state index in [4.69, 9.17) is 19.9 Å². The minimum Gasteiger partial charge on any atom is -0.392 e. The van der Waals surface area contributed by atoms with Crippen LogP contribution in [-0.2, 0) is 19.8 Å². The number of aromatic amines is 1. The molecular weight excluding hydrogens is 1530 g/mol. The standard InChI is InChI=1S/C22H19N5O2S.C22H19N5S.C21H16FN5OS.C20H13F2N5S/c1-13-19(18-4-2-3-9-27(18)26-13)22-24-20(21(30-22)17-7-8-23-25-17)16-6-5-14(11-28)10-15(16)12-29;1-13-7-6-8-14(2)18(13)20-21(16-10-11-23-25-16)28-22(24-20)19-15(3)26-27-12-5-4-9-17(19)27;1-12-16(15-7-2-3-10-27(15)26-12)21-25-18(19(29-21)20-23-8-9-24-20)17-13(11-28)5-4-6-14(17)22;1-11-16(15-7-2-3-10-27(15)26-11)20-24-18(12-5-4-6-13(21)17(12)22)19(28-20)14-8-9-23-25-14/h2-6,8-10,28-29H,7,11-12H2,1H3;4-9,11-12H,10H2,1-3H3;2-10,28H,11H2,1H3,(H,23,24);2-7,9-10H,8H2,1H3. The van der Waals surface area contributed by atoms with Crippen LogP contribution in [0.5, 0.6) is 0 Å². The molecule has 16 heterocycles. The van der Waals surface area contributed by atoms with Gasteiger partial charge in [0.2, 0.25) is 0 Å². The minimum atomic E-state index is -0.920. The maximum atomic E-state index is 14.8. The van der Waals surface area contributed by atoms with E-state index in [1.807, 2.05) is 153 Å². The van der Waals surface area contributed by atoms with Gasteiger partial charge in [-0.3, -0.25) is 0 Å². The van der Waals surface area contributed by atoms with Crippen molar-refractivity contribution in [2.24, 2.45) is 30.6 Å². The van der Waals surface area contributed by atoms with Gasteiger partial charge in [-0.25, -0.2) is 56.2 Å². The van der Waals surface area contributed by atoms with Crippen LogP contribution in [0.4, 0.5) is 13.2 Å². The van der Waals surface area contributed by atoms with Crippen molar-refractivity contribution in [3.63, 3.8) is 0 Å². The molecule has 0 unspecified atom stereocenters. The zero-order valence-corrected chi connectivity index (χ0v) is 65.7. The molecule has 0 amide bonds. The second-order valence-electron chi connectivity index (χ2n) is 26.9. The summed E-state index contributed by atoms with van der Waals surface area (Å²) in [5.41, 5.74) is 23.2. The maximum Gasteiger partial charge on any atom is 0.168 e. The van der Waals surface area contributed by atoms with E-state index < -0.39 is 17.5 Å². The summed E-state index contributed by atoms with van der Waals surface area (Å²) in [6.45, 7) is 11.6. The van der Waals surface area contributed by atoms with Crippen molar-refractivity contribution < 1.29 is 28.5 Å². The molecule has 0 saturated carbocycles. The van der Waals surface area contributed by atoms with E-state index in [1.165, 1.54) is 57.6 Å².